The van der Waals surface area contributed by atoms with Gasteiger partial charge in [-0.1, -0.05) is 6.07 Å². The topological polar surface area (TPSA) is 136 Å². The van der Waals surface area contributed by atoms with Gasteiger partial charge in [0.25, 0.3) is 0 Å². The van der Waals surface area contributed by atoms with Gasteiger partial charge in [0, 0.05) is 43.9 Å². The van der Waals surface area contributed by atoms with Gasteiger partial charge in [0.1, 0.15) is 23.4 Å². The van der Waals surface area contributed by atoms with Crippen LogP contribution in [0.4, 0.5) is 22.9 Å². The van der Waals surface area contributed by atoms with Crippen LogP contribution in [0.5, 0.6) is 0 Å². The predicted molar refractivity (Wildman–Crippen MR) is 162 cm³/mol. The minimum absolute atomic E-state index is 0.00530. The molecule has 2 fully saturated rings. The van der Waals surface area contributed by atoms with E-state index in [4.69, 9.17) is 14.7 Å². The van der Waals surface area contributed by atoms with Crippen LogP contribution in [0.3, 0.4) is 0 Å². The Kier molecular flexibility index (Phi) is 7.17. The molecule has 1 aliphatic heterocycles. The van der Waals surface area contributed by atoms with Crippen molar-refractivity contribution in [3.05, 3.63) is 42.0 Å². The summed E-state index contributed by atoms with van der Waals surface area (Å²) >= 11 is 0. The number of ether oxygens (including phenoxy) is 1. The van der Waals surface area contributed by atoms with Gasteiger partial charge in [-0.3, -0.25) is 18.3 Å². The molecule has 4 heterocycles. The average Bonchev–Trinajstić information content (AvgIpc) is 3.69. The summed E-state index contributed by atoms with van der Waals surface area (Å²) in [7, 11) is -0.201. The highest BCUT2D eigenvalue weighted by atomic mass is 32.2. The van der Waals surface area contributed by atoms with Gasteiger partial charge in [0.15, 0.2) is 5.65 Å². The van der Waals surface area contributed by atoms with Gasteiger partial charge < -0.3 is 15.4 Å². The SMILES string of the molecule is Cc1c(-c2ccc(Nc3cc(NC(=O)C4CC4)nc4c3nc(C)n4C3CCCCO3)c(N(C)S(C)(=O)=O)c2)cnn1C. The van der Waals surface area contributed by atoms with Crippen LogP contribution in [0.1, 0.15) is 49.9 Å². The van der Waals surface area contributed by atoms with Gasteiger partial charge >= 0.3 is 0 Å². The molecule has 1 unspecified atom stereocenters. The lowest BCUT2D eigenvalue weighted by atomic mass is 10.0. The van der Waals surface area contributed by atoms with Crippen LogP contribution in [0.15, 0.2) is 30.5 Å². The summed E-state index contributed by atoms with van der Waals surface area (Å²) in [6.07, 6.45) is 7.37. The number of hydrogen-bond donors (Lipinski definition) is 2. The molecule has 1 saturated carbocycles. The van der Waals surface area contributed by atoms with Crippen LogP contribution in [0.2, 0.25) is 0 Å². The molecule has 0 radical (unpaired) electrons. The molecule has 13 heteroatoms. The molecule has 0 spiro atoms. The number of pyridine rings is 1. The highest BCUT2D eigenvalue weighted by Crippen LogP contribution is 2.39. The molecule has 4 aromatic rings. The number of amides is 1. The zero-order valence-corrected chi connectivity index (χ0v) is 25.3. The van der Waals surface area contributed by atoms with Crippen LogP contribution < -0.4 is 14.9 Å². The molecule has 222 valence electrons. The molecular formula is C29H36N8O4S. The number of sulfonamides is 1. The first kappa shape index (κ1) is 28.2. The summed E-state index contributed by atoms with van der Waals surface area (Å²) in [5, 5.41) is 10.8. The largest absolute Gasteiger partial charge is 0.358 e. The molecule has 42 heavy (non-hydrogen) atoms. The molecule has 1 aromatic carbocycles. The van der Waals surface area contributed by atoms with Crippen molar-refractivity contribution in [1.29, 1.82) is 0 Å². The van der Waals surface area contributed by atoms with Crippen LogP contribution >= 0.6 is 0 Å². The summed E-state index contributed by atoms with van der Waals surface area (Å²) in [4.78, 5) is 22.4. The van der Waals surface area contributed by atoms with E-state index in [1.807, 2.05) is 43.7 Å². The van der Waals surface area contributed by atoms with Crippen molar-refractivity contribution >= 4 is 50.0 Å². The normalized spacial score (nSPS) is 17.4. The van der Waals surface area contributed by atoms with Crippen molar-refractivity contribution in [3.63, 3.8) is 0 Å². The Bertz CT molecular complexity index is 1780. The van der Waals surface area contributed by atoms with Crippen molar-refractivity contribution in [1.82, 2.24) is 24.3 Å². The maximum atomic E-state index is 12.7. The van der Waals surface area contributed by atoms with Gasteiger partial charge in [0.2, 0.25) is 15.9 Å². The standard InChI is InChI=1S/C29H36N8O4S/c1-17-21(16-30-35(17)3)20-11-12-22(24(14-20)36(4)42(5,39)40)32-23-15-25(34-29(38)19-9-10-19)33-28-27(23)31-18(2)37(28)26-8-6-7-13-41-26/h11-12,14-16,19,26H,6-10,13H2,1-5H3,(H2,32,33,34,38). The highest BCUT2D eigenvalue weighted by molar-refractivity contribution is 7.92. The fourth-order valence-electron chi connectivity index (χ4n) is 5.35. The van der Waals surface area contributed by atoms with Crippen LogP contribution in [0, 0.1) is 19.8 Å². The zero-order valence-electron chi connectivity index (χ0n) is 24.5. The van der Waals surface area contributed by atoms with E-state index in [-0.39, 0.29) is 18.1 Å². The van der Waals surface area contributed by atoms with E-state index in [9.17, 15) is 13.2 Å². The number of anilines is 4. The second-order valence-corrected chi connectivity index (χ2v) is 13.2. The molecule has 12 nitrogen and oxygen atoms in total. The van der Waals surface area contributed by atoms with Crippen LogP contribution in [0.25, 0.3) is 22.3 Å². The Morgan fingerprint density at radius 2 is 1.88 bits per heavy atom. The Morgan fingerprint density at radius 1 is 1.10 bits per heavy atom. The molecule has 1 amide bonds. The third kappa shape index (κ3) is 5.34. The quantitative estimate of drug-likeness (QED) is 0.302. The number of aryl methyl sites for hydroxylation is 2. The van der Waals surface area contributed by atoms with Crippen LogP contribution in [-0.4, -0.2) is 58.6 Å². The Labute approximate surface area is 245 Å². The molecule has 0 bridgehead atoms. The number of carbonyl (C=O) groups is 1. The number of carbonyl (C=O) groups excluding carboxylic acids is 1. The summed E-state index contributed by atoms with van der Waals surface area (Å²) in [6, 6.07) is 7.37. The molecule has 1 saturated heterocycles. The molecule has 1 aliphatic carbocycles. The molecule has 2 N–H and O–H groups in total. The van der Waals surface area contributed by atoms with E-state index in [2.05, 4.69) is 15.7 Å². The summed E-state index contributed by atoms with van der Waals surface area (Å²) in [5.74, 6) is 1.09. The maximum absolute atomic E-state index is 12.7. The average molecular weight is 593 g/mol. The maximum Gasteiger partial charge on any atom is 0.232 e. The number of rotatable bonds is 8. The van der Waals surface area contributed by atoms with Gasteiger partial charge in [-0.15, -0.1) is 0 Å². The third-order valence-electron chi connectivity index (χ3n) is 8.12. The number of nitrogens with zero attached hydrogens (tertiary/aromatic N) is 6. The number of fused-ring (bicyclic) bond motifs is 1. The van der Waals surface area contributed by atoms with Crippen LogP contribution in [-0.2, 0) is 26.6 Å². The minimum atomic E-state index is -3.59. The van der Waals surface area contributed by atoms with E-state index in [0.29, 0.717) is 40.7 Å². The van der Waals surface area contributed by atoms with Crippen molar-refractivity contribution in [3.8, 4) is 11.1 Å². The van der Waals surface area contributed by atoms with Crippen molar-refractivity contribution in [2.75, 3.05) is 34.8 Å². The minimum Gasteiger partial charge on any atom is -0.358 e. The Morgan fingerprint density at radius 3 is 2.52 bits per heavy atom. The Balaban J connectivity index is 1.48. The predicted octanol–water partition coefficient (Wildman–Crippen LogP) is 4.64. The van der Waals surface area contributed by atoms with Gasteiger partial charge in [-0.05, 0) is 63.6 Å². The zero-order chi connectivity index (χ0) is 29.8. The molecule has 3 aromatic heterocycles. The fourth-order valence-corrected chi connectivity index (χ4v) is 5.86. The summed E-state index contributed by atoms with van der Waals surface area (Å²) in [6.45, 7) is 4.55. The van der Waals surface area contributed by atoms with E-state index in [1.54, 1.807) is 16.9 Å². The molecule has 1 atom stereocenters. The van der Waals surface area contributed by atoms with E-state index in [0.717, 1.165) is 54.7 Å². The smallest absolute Gasteiger partial charge is 0.232 e. The lowest BCUT2D eigenvalue weighted by Gasteiger charge is -2.25. The van der Waals surface area contributed by atoms with E-state index < -0.39 is 10.0 Å². The lowest BCUT2D eigenvalue weighted by Crippen LogP contribution is -2.25. The first-order valence-electron chi connectivity index (χ1n) is 14.2. The molecular weight excluding hydrogens is 556 g/mol. The van der Waals surface area contributed by atoms with E-state index >= 15 is 0 Å². The second kappa shape index (κ2) is 10.7. The number of hydrogen-bond acceptors (Lipinski definition) is 8. The summed E-state index contributed by atoms with van der Waals surface area (Å²) < 4.78 is 36.6. The summed E-state index contributed by atoms with van der Waals surface area (Å²) in [5.41, 5.74) is 5.51. The number of benzene rings is 1. The number of imidazole rings is 1. The molecule has 2 aliphatic rings. The van der Waals surface area contributed by atoms with Crippen molar-refractivity contribution in [2.24, 2.45) is 13.0 Å². The van der Waals surface area contributed by atoms with Crippen molar-refractivity contribution < 1.29 is 17.9 Å². The third-order valence-corrected chi connectivity index (χ3v) is 9.31. The highest BCUT2D eigenvalue weighted by Gasteiger charge is 2.31. The lowest BCUT2D eigenvalue weighted by molar-refractivity contribution is -0.117. The van der Waals surface area contributed by atoms with Gasteiger partial charge in [0.05, 0.1) is 29.5 Å². The monoisotopic (exact) mass is 592 g/mol. The Hall–Kier alpha value is -3.97. The number of aromatic nitrogens is 5. The second-order valence-electron chi connectivity index (χ2n) is 11.2. The first-order valence-corrected chi connectivity index (χ1v) is 16.0. The fraction of sp³-hybridized carbons (Fsp3) is 0.448. The molecule has 6 rings (SSSR count). The van der Waals surface area contributed by atoms with E-state index in [1.165, 1.54) is 17.6 Å². The van der Waals surface area contributed by atoms with Gasteiger partial charge in [-0.2, -0.15) is 5.10 Å². The first-order chi connectivity index (χ1) is 20.0. The van der Waals surface area contributed by atoms with Gasteiger partial charge in [-0.25, -0.2) is 18.4 Å². The van der Waals surface area contributed by atoms with Crippen molar-refractivity contribution in [2.45, 2.75) is 52.2 Å². The number of nitrogens with one attached hydrogen (secondary N) is 2.